The first-order chi connectivity index (χ1) is 20.4. The Labute approximate surface area is 250 Å². The van der Waals surface area contributed by atoms with Crippen molar-refractivity contribution in [2.45, 2.75) is 62.4 Å². The number of carboxylic acids is 1. The minimum atomic E-state index is -4.28. The van der Waals surface area contributed by atoms with Gasteiger partial charge < -0.3 is 5.11 Å². The molecule has 4 aromatic rings. The molecule has 1 unspecified atom stereocenters. The Kier molecular flexibility index (Phi) is 9.14. The topological polar surface area (TPSA) is 98.2 Å². The standard InChI is InChI=1S/C30H28F5N3O3S2/c31-23-8-7-20(14-19(23)3-1-2-10-30(33,34)35)28-22(11-18-6-9-26(43(36)41)24(32)12-18)25(13-17-4-5-17)38(37-28)27-15-21(16-42-27)29(39)40/h6-9,12,14-17H,1-5,10-11,13,36H2,(H,39,40). The molecule has 228 valence electrons. The van der Waals surface area contributed by atoms with Gasteiger partial charge in [-0.15, -0.1) is 11.3 Å². The van der Waals surface area contributed by atoms with Gasteiger partial charge in [-0.1, -0.05) is 6.07 Å². The lowest BCUT2D eigenvalue weighted by atomic mass is 9.95. The second kappa shape index (κ2) is 12.7. The molecular formula is C30H28F5N3O3S2. The molecule has 2 aromatic carbocycles. The third kappa shape index (κ3) is 7.57. The minimum Gasteiger partial charge on any atom is -0.478 e. The number of thiophene rings is 1. The average Bonchev–Trinajstić information content (AvgIpc) is 3.49. The van der Waals surface area contributed by atoms with E-state index in [9.17, 15) is 36.1 Å². The fourth-order valence-electron chi connectivity index (χ4n) is 5.01. The van der Waals surface area contributed by atoms with Gasteiger partial charge >= 0.3 is 12.1 Å². The number of nitrogens with zero attached hydrogens (tertiary/aromatic N) is 2. The zero-order chi connectivity index (χ0) is 30.9. The molecule has 13 heteroatoms. The normalized spacial score (nSPS) is 14.3. The Morgan fingerprint density at radius 1 is 1.09 bits per heavy atom. The second-order valence-corrected chi connectivity index (χ2v) is 12.6. The van der Waals surface area contributed by atoms with E-state index < -0.39 is 41.2 Å². The summed E-state index contributed by atoms with van der Waals surface area (Å²) < 4.78 is 80.7. The van der Waals surface area contributed by atoms with Gasteiger partial charge in [-0.05, 0) is 92.0 Å². The Morgan fingerprint density at radius 3 is 2.49 bits per heavy atom. The van der Waals surface area contributed by atoms with Gasteiger partial charge in [-0.3, -0.25) is 0 Å². The van der Waals surface area contributed by atoms with Gasteiger partial charge in [0.15, 0.2) is 0 Å². The van der Waals surface area contributed by atoms with E-state index in [2.05, 4.69) is 0 Å². The van der Waals surface area contributed by atoms with Crippen LogP contribution in [0.1, 0.15) is 64.8 Å². The summed E-state index contributed by atoms with van der Waals surface area (Å²) in [6.07, 6.45) is -2.24. The summed E-state index contributed by atoms with van der Waals surface area (Å²) in [5.74, 6) is -1.95. The predicted molar refractivity (Wildman–Crippen MR) is 154 cm³/mol. The number of unbranched alkanes of at least 4 members (excludes halogenated alkanes) is 1. The van der Waals surface area contributed by atoms with Gasteiger partial charge in [0.25, 0.3) is 0 Å². The summed E-state index contributed by atoms with van der Waals surface area (Å²) in [7, 11) is -2.01. The highest BCUT2D eigenvalue weighted by molar-refractivity contribution is 7.82. The van der Waals surface area contributed by atoms with Crippen molar-refractivity contribution in [1.82, 2.24) is 9.78 Å². The van der Waals surface area contributed by atoms with Gasteiger partial charge in [-0.25, -0.2) is 27.6 Å². The lowest BCUT2D eigenvalue weighted by Gasteiger charge is -2.11. The number of carboxylic acid groups (broad SMARTS) is 1. The third-order valence-corrected chi connectivity index (χ3v) is 9.05. The zero-order valence-electron chi connectivity index (χ0n) is 22.8. The van der Waals surface area contributed by atoms with Crippen molar-refractivity contribution in [3.63, 3.8) is 0 Å². The van der Waals surface area contributed by atoms with Crippen LogP contribution < -0.4 is 5.14 Å². The second-order valence-electron chi connectivity index (χ2n) is 10.7. The molecule has 6 nitrogen and oxygen atoms in total. The van der Waals surface area contributed by atoms with Crippen LogP contribution in [0.2, 0.25) is 0 Å². The molecule has 5 rings (SSSR count). The van der Waals surface area contributed by atoms with Crippen LogP contribution in [0.25, 0.3) is 16.3 Å². The van der Waals surface area contributed by atoms with Gasteiger partial charge in [0.2, 0.25) is 0 Å². The lowest BCUT2D eigenvalue weighted by Crippen LogP contribution is -2.07. The van der Waals surface area contributed by atoms with E-state index in [1.54, 1.807) is 22.9 Å². The minimum absolute atomic E-state index is 0.103. The van der Waals surface area contributed by atoms with E-state index in [1.165, 1.54) is 41.0 Å². The number of carbonyl (C=O) groups is 1. The highest BCUT2D eigenvalue weighted by atomic mass is 32.2. The number of hydrogen-bond acceptors (Lipinski definition) is 4. The average molecular weight is 638 g/mol. The van der Waals surface area contributed by atoms with E-state index in [0.29, 0.717) is 34.2 Å². The van der Waals surface area contributed by atoms with Crippen molar-refractivity contribution >= 4 is 28.3 Å². The van der Waals surface area contributed by atoms with Gasteiger partial charge in [-0.2, -0.15) is 18.3 Å². The molecule has 3 N–H and O–H groups in total. The maximum atomic E-state index is 14.8. The molecule has 0 bridgehead atoms. The van der Waals surface area contributed by atoms with Crippen molar-refractivity contribution in [1.29, 1.82) is 0 Å². The summed E-state index contributed by atoms with van der Waals surface area (Å²) >= 11 is 1.20. The highest BCUT2D eigenvalue weighted by Gasteiger charge is 2.29. The Bertz CT molecular complexity index is 1680. The summed E-state index contributed by atoms with van der Waals surface area (Å²) in [5, 5.41) is 21.8. The fourth-order valence-corrected chi connectivity index (χ4v) is 6.33. The van der Waals surface area contributed by atoms with Crippen molar-refractivity contribution in [2.24, 2.45) is 11.1 Å². The van der Waals surface area contributed by atoms with Crippen LogP contribution in [-0.2, 0) is 30.2 Å². The van der Waals surface area contributed by atoms with Crippen molar-refractivity contribution in [3.8, 4) is 16.3 Å². The molecule has 0 amide bonds. The first-order valence-electron chi connectivity index (χ1n) is 13.6. The van der Waals surface area contributed by atoms with E-state index in [1.807, 2.05) is 0 Å². The number of rotatable bonds is 12. The van der Waals surface area contributed by atoms with Crippen LogP contribution in [0.15, 0.2) is 52.7 Å². The molecule has 1 saturated carbocycles. The van der Waals surface area contributed by atoms with Gasteiger partial charge in [0.05, 0.1) is 16.2 Å². The van der Waals surface area contributed by atoms with Crippen LogP contribution in [-0.4, -0.2) is 31.2 Å². The number of aromatic nitrogens is 2. The van der Waals surface area contributed by atoms with Crippen LogP contribution >= 0.6 is 11.3 Å². The Hall–Kier alpha value is -3.42. The van der Waals surface area contributed by atoms with Gasteiger partial charge in [0, 0.05) is 35.0 Å². The maximum absolute atomic E-state index is 14.8. The van der Waals surface area contributed by atoms with Crippen molar-refractivity contribution in [2.75, 3.05) is 0 Å². The Balaban J connectivity index is 1.59. The number of aromatic carboxylic acids is 1. The molecule has 0 radical (unpaired) electrons. The van der Waals surface area contributed by atoms with E-state index in [4.69, 9.17) is 10.2 Å². The van der Waals surface area contributed by atoms with Crippen LogP contribution in [0.4, 0.5) is 22.0 Å². The smallest absolute Gasteiger partial charge is 0.389 e. The molecule has 0 saturated heterocycles. The summed E-state index contributed by atoms with van der Waals surface area (Å²) in [6.45, 7) is 0. The summed E-state index contributed by atoms with van der Waals surface area (Å²) in [5.41, 5.74) is 3.46. The Morgan fingerprint density at radius 2 is 1.86 bits per heavy atom. The third-order valence-electron chi connectivity index (χ3n) is 7.38. The van der Waals surface area contributed by atoms with Crippen molar-refractivity contribution < 1.29 is 36.1 Å². The zero-order valence-corrected chi connectivity index (χ0v) is 24.4. The van der Waals surface area contributed by atoms with Gasteiger partial charge in [0.1, 0.15) is 27.6 Å². The number of nitrogens with two attached hydrogens (primary N) is 1. The quantitative estimate of drug-likeness (QED) is 0.125. The highest BCUT2D eigenvalue weighted by Crippen LogP contribution is 2.39. The number of hydrogen-bond donors (Lipinski definition) is 2. The summed E-state index contributed by atoms with van der Waals surface area (Å²) in [6, 6.07) is 10.1. The van der Waals surface area contributed by atoms with Crippen LogP contribution in [0.3, 0.4) is 0 Å². The molecule has 2 aromatic heterocycles. The number of benzene rings is 2. The number of aryl methyl sites for hydroxylation is 1. The molecule has 2 heterocycles. The first-order valence-corrected chi connectivity index (χ1v) is 15.7. The number of halogens is 5. The fraction of sp³-hybridized carbons (Fsp3) is 0.333. The molecule has 43 heavy (non-hydrogen) atoms. The monoisotopic (exact) mass is 637 g/mol. The SMILES string of the molecule is NS(=O)c1ccc(Cc2c(-c3ccc(F)c(CCCCC(F)(F)F)c3)nn(-c3cc(C(=O)O)cs3)c2CC2CC2)cc1F. The van der Waals surface area contributed by atoms with E-state index >= 15 is 0 Å². The molecular weight excluding hydrogens is 609 g/mol. The predicted octanol–water partition coefficient (Wildman–Crippen LogP) is 7.38. The summed E-state index contributed by atoms with van der Waals surface area (Å²) in [4.78, 5) is 11.5. The molecule has 1 atom stereocenters. The van der Waals surface area contributed by atoms with E-state index in [0.717, 1.165) is 24.1 Å². The molecule has 0 aliphatic heterocycles. The molecule has 1 aliphatic rings. The maximum Gasteiger partial charge on any atom is 0.389 e. The lowest BCUT2D eigenvalue weighted by molar-refractivity contribution is -0.135. The largest absolute Gasteiger partial charge is 0.478 e. The van der Waals surface area contributed by atoms with Crippen LogP contribution in [0, 0.1) is 17.6 Å². The molecule has 1 aliphatic carbocycles. The van der Waals surface area contributed by atoms with Crippen molar-refractivity contribution in [3.05, 3.63) is 87.4 Å². The van der Waals surface area contributed by atoms with Crippen LogP contribution in [0.5, 0.6) is 0 Å². The molecule has 1 fully saturated rings. The van der Waals surface area contributed by atoms with E-state index in [-0.39, 0.29) is 41.7 Å². The number of alkyl halides is 3. The molecule has 0 spiro atoms. The first kappa shape index (κ1) is 31.0.